The largest absolute Gasteiger partial charge is 0.433 e. The first-order chi connectivity index (χ1) is 9.34. The van der Waals surface area contributed by atoms with Gasteiger partial charge in [0.15, 0.2) is 5.69 Å². The molecule has 1 fully saturated rings. The number of halogens is 3. The van der Waals surface area contributed by atoms with Crippen molar-refractivity contribution in [3.63, 3.8) is 0 Å². The minimum Gasteiger partial charge on any atom is -0.368 e. The Bertz CT molecular complexity index is 453. The lowest BCUT2D eigenvalue weighted by atomic mass is 10.2. The molecular formula is C13H19F3N4. The fourth-order valence-corrected chi connectivity index (χ4v) is 2.28. The monoisotopic (exact) mass is 288 g/mol. The molecular weight excluding hydrogens is 269 g/mol. The second-order valence-corrected chi connectivity index (χ2v) is 5.38. The van der Waals surface area contributed by atoms with Gasteiger partial charge in [0.05, 0.1) is 0 Å². The Balaban J connectivity index is 2.24. The molecule has 1 aromatic rings. The highest BCUT2D eigenvalue weighted by molar-refractivity contribution is 5.44. The van der Waals surface area contributed by atoms with E-state index in [4.69, 9.17) is 0 Å². The molecule has 0 aliphatic heterocycles. The molecule has 0 atom stereocenters. The van der Waals surface area contributed by atoms with Gasteiger partial charge in [0.25, 0.3) is 0 Å². The molecule has 0 radical (unpaired) electrons. The maximum absolute atomic E-state index is 12.9. The first-order valence-electron chi connectivity index (χ1n) is 6.84. The number of hydrogen-bond donors (Lipinski definition) is 2. The quantitative estimate of drug-likeness (QED) is 0.887. The summed E-state index contributed by atoms with van der Waals surface area (Å²) in [5.74, 6) is 0.248. The van der Waals surface area contributed by atoms with E-state index in [1.807, 2.05) is 13.8 Å². The number of hydrogen-bond acceptors (Lipinski definition) is 4. The van der Waals surface area contributed by atoms with Gasteiger partial charge in [0.1, 0.15) is 5.82 Å². The average Bonchev–Trinajstić information content (AvgIpc) is 2.79. The molecule has 1 aromatic heterocycles. The smallest absolute Gasteiger partial charge is 0.368 e. The number of nitrogens with one attached hydrogen (secondary N) is 2. The molecule has 2 N–H and O–H groups in total. The Hall–Kier alpha value is -1.53. The summed E-state index contributed by atoms with van der Waals surface area (Å²) in [5, 5.41) is 5.90. The van der Waals surface area contributed by atoms with Crippen molar-refractivity contribution in [3.05, 3.63) is 11.8 Å². The van der Waals surface area contributed by atoms with Crippen LogP contribution in [0, 0.1) is 0 Å². The predicted octanol–water partition coefficient (Wildman–Crippen LogP) is 3.67. The Morgan fingerprint density at radius 1 is 1.20 bits per heavy atom. The summed E-state index contributed by atoms with van der Waals surface area (Å²) in [7, 11) is 0. The lowest BCUT2D eigenvalue weighted by Gasteiger charge is -2.16. The normalized spacial score (nSPS) is 16.7. The summed E-state index contributed by atoms with van der Waals surface area (Å²) in [6.07, 6.45) is -0.386. The van der Waals surface area contributed by atoms with Crippen LogP contribution < -0.4 is 10.6 Å². The van der Waals surface area contributed by atoms with E-state index >= 15 is 0 Å². The van der Waals surface area contributed by atoms with Crippen molar-refractivity contribution in [2.75, 3.05) is 10.6 Å². The van der Waals surface area contributed by atoms with Crippen LogP contribution in [0.4, 0.5) is 24.9 Å². The van der Waals surface area contributed by atoms with Gasteiger partial charge in [0, 0.05) is 18.2 Å². The minimum atomic E-state index is -4.47. The van der Waals surface area contributed by atoms with Crippen LogP contribution >= 0.6 is 0 Å². The van der Waals surface area contributed by atoms with E-state index in [0.29, 0.717) is 0 Å². The lowest BCUT2D eigenvalue weighted by Crippen LogP contribution is -2.20. The van der Waals surface area contributed by atoms with Gasteiger partial charge in [-0.05, 0) is 26.7 Å². The van der Waals surface area contributed by atoms with Crippen molar-refractivity contribution in [1.29, 1.82) is 0 Å². The van der Waals surface area contributed by atoms with E-state index in [-0.39, 0.29) is 23.8 Å². The molecule has 1 aliphatic rings. The number of alkyl halides is 3. The molecule has 4 nitrogen and oxygen atoms in total. The Labute approximate surface area is 116 Å². The third-order valence-corrected chi connectivity index (χ3v) is 3.14. The molecule has 0 saturated heterocycles. The lowest BCUT2D eigenvalue weighted by molar-refractivity contribution is -0.141. The number of nitrogens with zero attached hydrogens (tertiary/aromatic N) is 2. The highest BCUT2D eigenvalue weighted by Crippen LogP contribution is 2.30. The fourth-order valence-electron chi connectivity index (χ4n) is 2.28. The molecule has 0 bridgehead atoms. The zero-order valence-electron chi connectivity index (χ0n) is 11.6. The highest BCUT2D eigenvalue weighted by atomic mass is 19.4. The molecule has 0 aromatic carbocycles. The van der Waals surface area contributed by atoms with E-state index in [0.717, 1.165) is 31.7 Å². The Morgan fingerprint density at radius 2 is 1.85 bits per heavy atom. The van der Waals surface area contributed by atoms with Crippen molar-refractivity contribution < 1.29 is 13.2 Å². The molecule has 0 amide bonds. The van der Waals surface area contributed by atoms with Gasteiger partial charge in [-0.3, -0.25) is 0 Å². The molecule has 2 rings (SSSR count). The van der Waals surface area contributed by atoms with Crippen LogP contribution in [0.1, 0.15) is 45.2 Å². The second-order valence-electron chi connectivity index (χ2n) is 5.38. The summed E-state index contributed by atoms with van der Waals surface area (Å²) < 4.78 is 38.6. The Kier molecular flexibility index (Phi) is 4.35. The second kappa shape index (κ2) is 5.85. The average molecular weight is 288 g/mol. The van der Waals surface area contributed by atoms with Crippen LogP contribution in [0.5, 0.6) is 0 Å². The number of rotatable bonds is 4. The van der Waals surface area contributed by atoms with Gasteiger partial charge < -0.3 is 10.6 Å². The summed E-state index contributed by atoms with van der Waals surface area (Å²) in [6, 6.07) is 1.12. The van der Waals surface area contributed by atoms with Gasteiger partial charge in [-0.2, -0.15) is 18.2 Å². The number of anilines is 2. The molecule has 0 spiro atoms. The zero-order chi connectivity index (χ0) is 14.8. The molecule has 1 saturated carbocycles. The molecule has 112 valence electrons. The van der Waals surface area contributed by atoms with Crippen molar-refractivity contribution in [2.24, 2.45) is 0 Å². The molecule has 1 heterocycles. The molecule has 0 unspecified atom stereocenters. The van der Waals surface area contributed by atoms with Crippen LogP contribution in [0.2, 0.25) is 0 Å². The van der Waals surface area contributed by atoms with Crippen molar-refractivity contribution in [3.8, 4) is 0 Å². The van der Waals surface area contributed by atoms with E-state index in [1.165, 1.54) is 0 Å². The maximum Gasteiger partial charge on any atom is 0.433 e. The third kappa shape index (κ3) is 3.98. The predicted molar refractivity (Wildman–Crippen MR) is 71.7 cm³/mol. The van der Waals surface area contributed by atoms with Gasteiger partial charge in [-0.1, -0.05) is 12.8 Å². The van der Waals surface area contributed by atoms with Crippen molar-refractivity contribution in [1.82, 2.24) is 9.97 Å². The van der Waals surface area contributed by atoms with E-state index in [9.17, 15) is 13.2 Å². The van der Waals surface area contributed by atoms with E-state index < -0.39 is 11.9 Å². The zero-order valence-corrected chi connectivity index (χ0v) is 11.6. The van der Waals surface area contributed by atoms with Crippen LogP contribution in [0.3, 0.4) is 0 Å². The standard InChI is InChI=1S/C13H19F3N4/c1-8(2)17-11-7-10(13(14,15)16)19-12(20-11)18-9-5-3-4-6-9/h7-9H,3-6H2,1-2H3,(H2,17,18,19,20). The van der Waals surface area contributed by atoms with E-state index in [2.05, 4.69) is 20.6 Å². The van der Waals surface area contributed by atoms with Gasteiger partial charge >= 0.3 is 6.18 Å². The summed E-state index contributed by atoms with van der Waals surface area (Å²) in [4.78, 5) is 7.71. The van der Waals surface area contributed by atoms with Crippen molar-refractivity contribution >= 4 is 11.8 Å². The van der Waals surface area contributed by atoms with Crippen LogP contribution in [0.25, 0.3) is 0 Å². The van der Waals surface area contributed by atoms with E-state index in [1.54, 1.807) is 0 Å². The van der Waals surface area contributed by atoms with Gasteiger partial charge in [-0.25, -0.2) is 4.98 Å². The minimum absolute atomic E-state index is 0.00492. The van der Waals surface area contributed by atoms with Gasteiger partial charge in [0.2, 0.25) is 5.95 Å². The highest BCUT2D eigenvalue weighted by Gasteiger charge is 2.34. The first-order valence-corrected chi connectivity index (χ1v) is 6.84. The number of aromatic nitrogens is 2. The molecule has 20 heavy (non-hydrogen) atoms. The topological polar surface area (TPSA) is 49.8 Å². The molecule has 7 heteroatoms. The Morgan fingerprint density at radius 3 is 2.40 bits per heavy atom. The fraction of sp³-hybridized carbons (Fsp3) is 0.692. The SMILES string of the molecule is CC(C)Nc1cc(C(F)(F)F)nc(NC2CCCC2)n1. The maximum atomic E-state index is 12.9. The van der Waals surface area contributed by atoms with Crippen LogP contribution in [0.15, 0.2) is 6.07 Å². The summed E-state index contributed by atoms with van der Waals surface area (Å²) in [5.41, 5.74) is -0.920. The van der Waals surface area contributed by atoms with Crippen LogP contribution in [-0.2, 0) is 6.18 Å². The van der Waals surface area contributed by atoms with Gasteiger partial charge in [-0.15, -0.1) is 0 Å². The van der Waals surface area contributed by atoms with Crippen molar-refractivity contribution in [2.45, 2.75) is 57.8 Å². The summed E-state index contributed by atoms with van der Waals surface area (Å²) in [6.45, 7) is 3.69. The molecule has 1 aliphatic carbocycles. The third-order valence-electron chi connectivity index (χ3n) is 3.14. The summed E-state index contributed by atoms with van der Waals surface area (Å²) >= 11 is 0. The first kappa shape index (κ1) is 14.9. The van der Waals surface area contributed by atoms with Crippen LogP contribution in [-0.4, -0.2) is 22.1 Å².